The highest BCUT2D eigenvalue weighted by atomic mass is 32.2. The van der Waals surface area contributed by atoms with Crippen LogP contribution in [0.1, 0.15) is 48.8 Å². The third-order valence-electron chi connectivity index (χ3n) is 4.18. The van der Waals surface area contributed by atoms with Crippen LogP contribution in [0.15, 0.2) is 17.0 Å². The van der Waals surface area contributed by atoms with Crippen LogP contribution in [-0.2, 0) is 15.7 Å². The first kappa shape index (κ1) is 18.5. The zero-order valence-corrected chi connectivity index (χ0v) is 16.5. The Hall–Kier alpha value is -1.82. The molecule has 0 radical (unpaired) electrons. The molecule has 1 aromatic carbocycles. The van der Waals surface area contributed by atoms with Crippen molar-refractivity contribution in [2.45, 2.75) is 65.8 Å². The number of benzene rings is 1. The van der Waals surface area contributed by atoms with E-state index in [0.717, 1.165) is 16.7 Å². The van der Waals surface area contributed by atoms with Gasteiger partial charge in [-0.05, 0) is 72.1 Å². The van der Waals surface area contributed by atoms with Gasteiger partial charge in [-0.3, -0.25) is 4.68 Å². The van der Waals surface area contributed by atoms with Crippen LogP contribution in [0.25, 0.3) is 0 Å². The fourth-order valence-electron chi connectivity index (χ4n) is 2.85. The Kier molecular flexibility index (Phi) is 4.57. The predicted octanol–water partition coefficient (Wildman–Crippen LogP) is 3.95. The van der Waals surface area contributed by atoms with Gasteiger partial charge in [-0.2, -0.15) is 13.5 Å². The lowest BCUT2D eigenvalue weighted by Gasteiger charge is -2.21. The van der Waals surface area contributed by atoms with Gasteiger partial charge in [0.2, 0.25) is 0 Å². The summed E-state index contributed by atoms with van der Waals surface area (Å²) >= 11 is 0. The lowest BCUT2D eigenvalue weighted by molar-refractivity contribution is 0.345. The zero-order chi connectivity index (χ0) is 18.4. The van der Waals surface area contributed by atoms with Crippen molar-refractivity contribution in [3.8, 4) is 5.75 Å². The molecule has 0 N–H and O–H groups in total. The average molecular weight is 350 g/mol. The van der Waals surface area contributed by atoms with E-state index in [1.165, 1.54) is 0 Å². The minimum atomic E-state index is -3.96. The van der Waals surface area contributed by atoms with Crippen LogP contribution in [0.3, 0.4) is 0 Å². The molecule has 0 spiro atoms. The molecule has 0 unspecified atom stereocenters. The van der Waals surface area contributed by atoms with E-state index in [1.807, 2.05) is 53.7 Å². The van der Waals surface area contributed by atoms with Gasteiger partial charge in [-0.25, -0.2) is 0 Å². The van der Waals surface area contributed by atoms with Gasteiger partial charge < -0.3 is 4.18 Å². The molecule has 0 aliphatic carbocycles. The molecule has 0 bridgehead atoms. The van der Waals surface area contributed by atoms with Crippen molar-refractivity contribution in [1.82, 2.24) is 9.78 Å². The minimum absolute atomic E-state index is 0.151. The third kappa shape index (κ3) is 3.20. The predicted molar refractivity (Wildman–Crippen MR) is 95.2 cm³/mol. The Labute approximate surface area is 144 Å². The summed E-state index contributed by atoms with van der Waals surface area (Å²) in [5.41, 5.74) is 3.34. The summed E-state index contributed by atoms with van der Waals surface area (Å²) in [6.45, 7) is 15.1. The Morgan fingerprint density at radius 1 is 1.00 bits per heavy atom. The van der Waals surface area contributed by atoms with Gasteiger partial charge in [0.15, 0.2) is 0 Å². The van der Waals surface area contributed by atoms with Gasteiger partial charge in [0.1, 0.15) is 10.6 Å². The molecule has 0 atom stereocenters. The summed E-state index contributed by atoms with van der Waals surface area (Å²) in [6.07, 6.45) is 0. The molecule has 1 heterocycles. The summed E-state index contributed by atoms with van der Waals surface area (Å²) < 4.78 is 33.1. The van der Waals surface area contributed by atoms with Crippen molar-refractivity contribution in [3.63, 3.8) is 0 Å². The van der Waals surface area contributed by atoms with Crippen LogP contribution in [-0.4, -0.2) is 18.2 Å². The Morgan fingerprint density at radius 3 is 2.04 bits per heavy atom. The summed E-state index contributed by atoms with van der Waals surface area (Å²) in [5, 5.41) is 4.41. The van der Waals surface area contributed by atoms with Crippen LogP contribution in [0.2, 0.25) is 0 Å². The van der Waals surface area contributed by atoms with E-state index in [0.29, 0.717) is 17.1 Å². The maximum atomic E-state index is 12.9. The topological polar surface area (TPSA) is 61.2 Å². The number of hydrogen-bond donors (Lipinski definition) is 0. The van der Waals surface area contributed by atoms with E-state index < -0.39 is 10.1 Å². The van der Waals surface area contributed by atoms with Crippen LogP contribution in [0, 0.1) is 34.6 Å². The number of nitrogens with zero attached hydrogens (tertiary/aromatic N) is 2. The molecule has 0 fully saturated rings. The SMILES string of the molecule is Cc1ccc(C)c(OS(=O)(=O)c2c(C)nn(C(C)(C)C)c2C)c1C. The average Bonchev–Trinajstić information content (AvgIpc) is 2.75. The number of aromatic nitrogens is 2. The van der Waals surface area contributed by atoms with Crippen molar-refractivity contribution < 1.29 is 12.6 Å². The number of rotatable bonds is 3. The third-order valence-corrected chi connectivity index (χ3v) is 5.65. The second-order valence-electron chi connectivity index (χ2n) is 7.27. The highest BCUT2D eigenvalue weighted by Gasteiger charge is 2.30. The van der Waals surface area contributed by atoms with Crippen LogP contribution >= 0.6 is 0 Å². The summed E-state index contributed by atoms with van der Waals surface area (Å²) in [6, 6.07) is 3.82. The van der Waals surface area contributed by atoms with Gasteiger partial charge in [0, 0.05) is 0 Å². The quantitative estimate of drug-likeness (QED) is 0.787. The van der Waals surface area contributed by atoms with Crippen molar-refractivity contribution in [3.05, 3.63) is 40.2 Å². The molecule has 0 saturated heterocycles. The fourth-order valence-corrected chi connectivity index (χ4v) is 4.26. The van der Waals surface area contributed by atoms with Gasteiger partial charge in [0.25, 0.3) is 0 Å². The van der Waals surface area contributed by atoms with Crippen molar-refractivity contribution in [1.29, 1.82) is 0 Å². The Morgan fingerprint density at radius 2 is 1.54 bits per heavy atom. The van der Waals surface area contributed by atoms with E-state index in [-0.39, 0.29) is 10.4 Å². The van der Waals surface area contributed by atoms with E-state index >= 15 is 0 Å². The van der Waals surface area contributed by atoms with Crippen LogP contribution in [0.5, 0.6) is 5.75 Å². The van der Waals surface area contributed by atoms with Crippen LogP contribution in [0.4, 0.5) is 0 Å². The summed E-state index contributed by atoms with van der Waals surface area (Å²) in [5.74, 6) is 0.400. The van der Waals surface area contributed by atoms with Crippen molar-refractivity contribution >= 4 is 10.1 Å². The van der Waals surface area contributed by atoms with Crippen molar-refractivity contribution in [2.24, 2.45) is 0 Å². The molecule has 132 valence electrons. The standard InChI is InChI=1S/C18H26N2O3S/c1-11-9-10-12(2)16(13(11)3)23-24(21,22)17-14(4)19-20(15(17)5)18(6,7)8/h9-10H,1-8H3. The van der Waals surface area contributed by atoms with Gasteiger partial charge in [-0.15, -0.1) is 0 Å². The second kappa shape index (κ2) is 5.92. The first-order chi connectivity index (χ1) is 10.9. The molecule has 5 nitrogen and oxygen atoms in total. The van der Waals surface area contributed by atoms with E-state index in [2.05, 4.69) is 5.10 Å². The Balaban J connectivity index is 2.58. The summed E-state index contributed by atoms with van der Waals surface area (Å²) in [7, 11) is -3.96. The maximum Gasteiger partial charge on any atom is 0.342 e. The fraction of sp³-hybridized carbons (Fsp3) is 0.500. The monoisotopic (exact) mass is 350 g/mol. The Bertz CT molecular complexity index is 888. The molecular formula is C18H26N2O3S. The molecule has 2 aromatic rings. The molecule has 0 aliphatic heterocycles. The molecule has 24 heavy (non-hydrogen) atoms. The first-order valence-corrected chi connectivity index (χ1v) is 9.35. The maximum absolute atomic E-state index is 12.9. The first-order valence-electron chi connectivity index (χ1n) is 7.94. The summed E-state index contributed by atoms with van der Waals surface area (Å²) in [4.78, 5) is 0.151. The highest BCUT2D eigenvalue weighted by Crippen LogP contribution is 2.31. The minimum Gasteiger partial charge on any atom is -0.378 e. The molecule has 0 saturated carbocycles. The van der Waals surface area contributed by atoms with Crippen LogP contribution < -0.4 is 4.18 Å². The number of hydrogen-bond acceptors (Lipinski definition) is 4. The molecule has 6 heteroatoms. The van der Waals surface area contributed by atoms with Gasteiger partial charge >= 0.3 is 10.1 Å². The van der Waals surface area contributed by atoms with E-state index in [9.17, 15) is 8.42 Å². The zero-order valence-electron chi connectivity index (χ0n) is 15.7. The molecule has 2 rings (SSSR count). The largest absolute Gasteiger partial charge is 0.378 e. The van der Waals surface area contributed by atoms with Crippen molar-refractivity contribution in [2.75, 3.05) is 0 Å². The molecule has 0 aliphatic rings. The molecule has 0 amide bonds. The van der Waals surface area contributed by atoms with Gasteiger partial charge in [0.05, 0.1) is 16.9 Å². The smallest absolute Gasteiger partial charge is 0.342 e. The van der Waals surface area contributed by atoms with Gasteiger partial charge in [-0.1, -0.05) is 12.1 Å². The molecule has 1 aromatic heterocycles. The number of aryl methyl sites for hydroxylation is 3. The molecular weight excluding hydrogens is 324 g/mol. The van der Waals surface area contributed by atoms with E-state index in [1.54, 1.807) is 18.5 Å². The lowest BCUT2D eigenvalue weighted by Crippen LogP contribution is -2.25. The highest BCUT2D eigenvalue weighted by molar-refractivity contribution is 7.87. The normalized spacial score (nSPS) is 12.5. The lowest BCUT2D eigenvalue weighted by atomic mass is 10.1. The van der Waals surface area contributed by atoms with E-state index in [4.69, 9.17) is 4.18 Å². The second-order valence-corrected chi connectivity index (χ2v) is 8.76.